The van der Waals surface area contributed by atoms with Crippen molar-refractivity contribution in [2.45, 2.75) is 26.3 Å². The molecule has 0 aromatic carbocycles. The molecule has 1 aliphatic heterocycles. The van der Waals surface area contributed by atoms with Gasteiger partial charge in [0.1, 0.15) is 0 Å². The first-order chi connectivity index (χ1) is 8.15. The van der Waals surface area contributed by atoms with Gasteiger partial charge in [-0.05, 0) is 44.0 Å². The number of pyridine rings is 1. The molecule has 1 fully saturated rings. The summed E-state index contributed by atoms with van der Waals surface area (Å²) in [6, 6.07) is 2.18. The second-order valence-corrected chi connectivity index (χ2v) is 4.88. The Morgan fingerprint density at radius 1 is 1.47 bits per heavy atom. The number of nitrogens with two attached hydrogens (primary N) is 1. The van der Waals surface area contributed by atoms with Crippen LogP contribution in [0.1, 0.15) is 24.0 Å². The van der Waals surface area contributed by atoms with Gasteiger partial charge < -0.3 is 5.73 Å². The number of hydrogen-bond donors (Lipinski definition) is 2. The van der Waals surface area contributed by atoms with Gasteiger partial charge in [-0.15, -0.1) is 0 Å². The average molecular weight is 232 g/mol. The maximum absolute atomic E-state index is 7.45. The quantitative estimate of drug-likeness (QED) is 0.613. The Bertz CT molecular complexity index is 394. The number of rotatable bonds is 3. The SMILES string of the molecule is Cc1cncc(CN2CCC(C(=N)N)CC2)c1. The van der Waals surface area contributed by atoms with E-state index in [4.69, 9.17) is 11.1 Å². The van der Waals surface area contributed by atoms with Crippen LogP contribution >= 0.6 is 0 Å². The van der Waals surface area contributed by atoms with Crippen molar-refractivity contribution in [3.63, 3.8) is 0 Å². The molecular weight excluding hydrogens is 212 g/mol. The van der Waals surface area contributed by atoms with Gasteiger partial charge in [0, 0.05) is 24.9 Å². The summed E-state index contributed by atoms with van der Waals surface area (Å²) in [4.78, 5) is 6.62. The fourth-order valence-corrected chi connectivity index (χ4v) is 2.36. The highest BCUT2D eigenvalue weighted by molar-refractivity contribution is 5.79. The Kier molecular flexibility index (Phi) is 3.74. The van der Waals surface area contributed by atoms with E-state index < -0.39 is 0 Å². The molecule has 1 aliphatic rings. The van der Waals surface area contributed by atoms with E-state index in [0.717, 1.165) is 32.5 Å². The van der Waals surface area contributed by atoms with Crippen LogP contribution in [0.3, 0.4) is 0 Å². The van der Waals surface area contributed by atoms with Gasteiger partial charge in [-0.1, -0.05) is 6.07 Å². The number of aromatic nitrogens is 1. The molecule has 0 amide bonds. The fourth-order valence-electron chi connectivity index (χ4n) is 2.36. The van der Waals surface area contributed by atoms with E-state index in [-0.39, 0.29) is 0 Å². The average Bonchev–Trinajstić information content (AvgIpc) is 2.29. The van der Waals surface area contributed by atoms with Crippen LogP contribution in [0.5, 0.6) is 0 Å². The molecule has 1 saturated heterocycles. The van der Waals surface area contributed by atoms with E-state index in [1.165, 1.54) is 11.1 Å². The highest BCUT2D eigenvalue weighted by atomic mass is 15.1. The Balaban J connectivity index is 1.88. The highest BCUT2D eigenvalue weighted by Gasteiger charge is 2.20. The van der Waals surface area contributed by atoms with Crippen molar-refractivity contribution in [1.29, 1.82) is 5.41 Å². The van der Waals surface area contributed by atoms with Gasteiger partial charge >= 0.3 is 0 Å². The molecule has 92 valence electrons. The zero-order valence-electron chi connectivity index (χ0n) is 10.3. The van der Waals surface area contributed by atoms with E-state index in [1.807, 2.05) is 12.4 Å². The summed E-state index contributed by atoms with van der Waals surface area (Å²) in [5.74, 6) is 0.642. The van der Waals surface area contributed by atoms with Crippen molar-refractivity contribution < 1.29 is 0 Å². The van der Waals surface area contributed by atoms with Crippen molar-refractivity contribution in [2.24, 2.45) is 11.7 Å². The molecule has 0 bridgehead atoms. The third kappa shape index (κ3) is 3.27. The summed E-state index contributed by atoms with van der Waals surface area (Å²) in [7, 11) is 0. The van der Waals surface area contributed by atoms with Gasteiger partial charge in [0.2, 0.25) is 0 Å². The number of piperidine rings is 1. The molecule has 1 aromatic rings. The van der Waals surface area contributed by atoms with E-state index >= 15 is 0 Å². The van der Waals surface area contributed by atoms with Crippen molar-refractivity contribution in [2.75, 3.05) is 13.1 Å². The summed E-state index contributed by atoms with van der Waals surface area (Å²) >= 11 is 0. The molecule has 0 aliphatic carbocycles. The predicted octanol–water partition coefficient (Wildman–Crippen LogP) is 1.54. The number of hydrogen-bond acceptors (Lipinski definition) is 3. The van der Waals surface area contributed by atoms with Crippen LogP contribution in [0.25, 0.3) is 0 Å². The van der Waals surface area contributed by atoms with Crippen LogP contribution < -0.4 is 5.73 Å². The molecule has 2 rings (SSSR count). The minimum atomic E-state index is 0.293. The largest absolute Gasteiger partial charge is 0.387 e. The normalized spacial score (nSPS) is 18.2. The van der Waals surface area contributed by atoms with Crippen LogP contribution in [0.2, 0.25) is 0 Å². The van der Waals surface area contributed by atoms with Crippen LogP contribution in [0.15, 0.2) is 18.5 Å². The monoisotopic (exact) mass is 232 g/mol. The lowest BCUT2D eigenvalue weighted by atomic mass is 9.95. The summed E-state index contributed by atoms with van der Waals surface area (Å²) in [5.41, 5.74) is 8.02. The van der Waals surface area contributed by atoms with Crippen LogP contribution in [0.4, 0.5) is 0 Å². The first-order valence-corrected chi connectivity index (χ1v) is 6.12. The van der Waals surface area contributed by atoms with Gasteiger partial charge in [-0.25, -0.2) is 0 Å². The molecule has 1 aromatic heterocycles. The summed E-state index contributed by atoms with van der Waals surface area (Å²) in [6.45, 7) is 5.08. The molecule has 3 N–H and O–H groups in total. The molecule has 0 saturated carbocycles. The van der Waals surface area contributed by atoms with Gasteiger partial charge in [-0.2, -0.15) is 0 Å². The van der Waals surface area contributed by atoms with Gasteiger partial charge in [-0.3, -0.25) is 15.3 Å². The maximum Gasteiger partial charge on any atom is 0.0937 e. The summed E-state index contributed by atoms with van der Waals surface area (Å²) in [5, 5.41) is 7.45. The van der Waals surface area contributed by atoms with Crippen LogP contribution in [-0.2, 0) is 6.54 Å². The lowest BCUT2D eigenvalue weighted by molar-refractivity contribution is 0.201. The molecular formula is C13H20N4. The zero-order chi connectivity index (χ0) is 12.3. The third-order valence-corrected chi connectivity index (χ3v) is 3.37. The molecule has 2 heterocycles. The fraction of sp³-hybridized carbons (Fsp3) is 0.538. The molecule has 4 nitrogen and oxygen atoms in total. The lowest BCUT2D eigenvalue weighted by Gasteiger charge is -2.31. The lowest BCUT2D eigenvalue weighted by Crippen LogP contribution is -2.37. The molecule has 0 atom stereocenters. The Morgan fingerprint density at radius 2 is 2.18 bits per heavy atom. The molecule has 0 spiro atoms. The second kappa shape index (κ2) is 5.27. The Labute approximate surface area is 102 Å². The molecule has 17 heavy (non-hydrogen) atoms. The predicted molar refractivity (Wildman–Crippen MR) is 68.9 cm³/mol. The standard InChI is InChI=1S/C13H20N4/c1-10-6-11(8-16-7-10)9-17-4-2-12(3-5-17)13(14)15/h6-8,12H,2-5,9H2,1H3,(H3,14,15). The van der Waals surface area contributed by atoms with Crippen LogP contribution in [-0.4, -0.2) is 28.8 Å². The topological polar surface area (TPSA) is 66.0 Å². The Hall–Kier alpha value is -1.42. The van der Waals surface area contributed by atoms with Gasteiger partial charge in [0.05, 0.1) is 5.84 Å². The number of amidine groups is 1. The summed E-state index contributed by atoms with van der Waals surface area (Å²) < 4.78 is 0. The summed E-state index contributed by atoms with van der Waals surface area (Å²) in [6.07, 6.45) is 5.83. The number of nitrogens with one attached hydrogen (secondary N) is 1. The van der Waals surface area contributed by atoms with E-state index in [1.54, 1.807) is 0 Å². The van der Waals surface area contributed by atoms with Crippen molar-refractivity contribution >= 4 is 5.84 Å². The zero-order valence-corrected chi connectivity index (χ0v) is 10.3. The van der Waals surface area contributed by atoms with E-state index in [9.17, 15) is 0 Å². The van der Waals surface area contributed by atoms with Crippen molar-refractivity contribution in [3.05, 3.63) is 29.6 Å². The van der Waals surface area contributed by atoms with E-state index in [2.05, 4.69) is 22.9 Å². The minimum absolute atomic E-state index is 0.293. The number of aryl methyl sites for hydroxylation is 1. The first-order valence-electron chi connectivity index (χ1n) is 6.12. The van der Waals surface area contributed by atoms with Gasteiger partial charge in [0.15, 0.2) is 0 Å². The number of nitrogens with zero attached hydrogens (tertiary/aromatic N) is 2. The Morgan fingerprint density at radius 3 is 2.76 bits per heavy atom. The molecule has 0 unspecified atom stereocenters. The van der Waals surface area contributed by atoms with Crippen molar-refractivity contribution in [3.8, 4) is 0 Å². The smallest absolute Gasteiger partial charge is 0.0937 e. The second-order valence-electron chi connectivity index (χ2n) is 4.88. The number of likely N-dealkylation sites (tertiary alicyclic amines) is 1. The first kappa shape index (κ1) is 12.0. The molecule has 4 heteroatoms. The van der Waals surface area contributed by atoms with Crippen molar-refractivity contribution in [1.82, 2.24) is 9.88 Å². The van der Waals surface area contributed by atoms with Gasteiger partial charge in [0.25, 0.3) is 0 Å². The van der Waals surface area contributed by atoms with Crippen LogP contribution in [0, 0.1) is 18.3 Å². The maximum atomic E-state index is 7.45. The molecule has 0 radical (unpaired) electrons. The highest BCUT2D eigenvalue weighted by Crippen LogP contribution is 2.18. The third-order valence-electron chi connectivity index (χ3n) is 3.37. The minimum Gasteiger partial charge on any atom is -0.387 e. The van der Waals surface area contributed by atoms with E-state index in [0.29, 0.717) is 11.8 Å².